The highest BCUT2D eigenvalue weighted by Gasteiger charge is 2.30. The van der Waals surface area contributed by atoms with Gasteiger partial charge in [-0.25, -0.2) is 4.39 Å². The summed E-state index contributed by atoms with van der Waals surface area (Å²) in [5.74, 6) is 0.243. The van der Waals surface area contributed by atoms with Crippen LogP contribution in [0.25, 0.3) is 11.3 Å². The number of ether oxygens (including phenoxy) is 1. The van der Waals surface area contributed by atoms with Crippen molar-refractivity contribution >= 4 is 11.7 Å². The van der Waals surface area contributed by atoms with E-state index in [0.717, 1.165) is 17.7 Å². The molecule has 0 aliphatic carbocycles. The molecule has 1 fully saturated rings. The molecule has 6 nitrogen and oxygen atoms in total. The van der Waals surface area contributed by atoms with Gasteiger partial charge in [0.25, 0.3) is 0 Å². The van der Waals surface area contributed by atoms with Gasteiger partial charge in [0.05, 0.1) is 17.8 Å². The van der Waals surface area contributed by atoms with Gasteiger partial charge in [-0.05, 0) is 67.4 Å². The maximum absolute atomic E-state index is 13.1. The summed E-state index contributed by atoms with van der Waals surface area (Å²) >= 11 is 0. The van der Waals surface area contributed by atoms with E-state index in [2.05, 4.69) is 20.4 Å². The second-order valence-electron chi connectivity index (χ2n) is 8.21. The normalized spacial score (nSPS) is 14.6. The molecule has 0 unspecified atom stereocenters. The summed E-state index contributed by atoms with van der Waals surface area (Å²) in [5.41, 5.74) is 0.647. The van der Waals surface area contributed by atoms with E-state index in [1.807, 2.05) is 12.1 Å². The van der Waals surface area contributed by atoms with Crippen LogP contribution in [0.15, 0.2) is 60.7 Å². The van der Waals surface area contributed by atoms with Crippen LogP contribution in [0.4, 0.5) is 23.4 Å². The van der Waals surface area contributed by atoms with Gasteiger partial charge in [0.1, 0.15) is 18.2 Å². The summed E-state index contributed by atoms with van der Waals surface area (Å²) < 4.78 is 56.7. The smallest absolute Gasteiger partial charge is 0.416 e. The lowest BCUT2D eigenvalue weighted by Gasteiger charge is -2.31. The third-order valence-corrected chi connectivity index (χ3v) is 5.81. The fraction of sp³-hybridized carbons (Fsp3) is 0.320. The van der Waals surface area contributed by atoms with Crippen molar-refractivity contribution in [3.63, 3.8) is 0 Å². The number of anilines is 1. The first-order chi connectivity index (χ1) is 16.8. The number of benzene rings is 2. The van der Waals surface area contributed by atoms with E-state index in [0.29, 0.717) is 37.4 Å². The van der Waals surface area contributed by atoms with Crippen molar-refractivity contribution in [2.24, 2.45) is 5.92 Å². The average Bonchev–Trinajstić information content (AvgIpc) is 2.87. The highest BCUT2D eigenvalue weighted by Crippen LogP contribution is 2.31. The molecule has 0 radical (unpaired) electrons. The molecule has 0 bridgehead atoms. The zero-order chi connectivity index (χ0) is 24.8. The molecule has 0 saturated carbocycles. The number of carbonyl (C=O) groups excluding carboxylic acids is 1. The average molecular weight is 488 g/mol. The van der Waals surface area contributed by atoms with Crippen LogP contribution in [0, 0.1) is 11.7 Å². The number of hydrogen-bond donors (Lipinski definition) is 1. The first-order valence-electron chi connectivity index (χ1n) is 11.2. The van der Waals surface area contributed by atoms with Gasteiger partial charge in [0.15, 0.2) is 5.82 Å². The maximum Gasteiger partial charge on any atom is 0.416 e. The highest BCUT2D eigenvalue weighted by atomic mass is 19.4. The number of halogens is 4. The Bertz CT molecular complexity index is 1130. The second kappa shape index (κ2) is 10.7. The topological polar surface area (TPSA) is 67.3 Å². The molecule has 1 aromatic heterocycles. The van der Waals surface area contributed by atoms with Gasteiger partial charge in [-0.15, -0.1) is 10.2 Å². The van der Waals surface area contributed by atoms with Crippen molar-refractivity contribution in [1.82, 2.24) is 15.5 Å². The van der Waals surface area contributed by atoms with E-state index in [4.69, 9.17) is 4.74 Å². The largest absolute Gasteiger partial charge is 0.492 e. The number of piperidine rings is 1. The van der Waals surface area contributed by atoms with Crippen LogP contribution in [-0.4, -0.2) is 42.3 Å². The van der Waals surface area contributed by atoms with Gasteiger partial charge in [0.2, 0.25) is 5.91 Å². The number of hydrogen-bond acceptors (Lipinski definition) is 5. The third kappa shape index (κ3) is 6.46. The van der Waals surface area contributed by atoms with Crippen molar-refractivity contribution in [2.45, 2.75) is 19.0 Å². The molecule has 4 rings (SSSR count). The lowest BCUT2D eigenvalue weighted by atomic mass is 9.96. The van der Waals surface area contributed by atoms with Crippen LogP contribution in [-0.2, 0) is 11.0 Å². The number of carbonyl (C=O) groups is 1. The minimum atomic E-state index is -4.43. The fourth-order valence-electron chi connectivity index (χ4n) is 3.89. The predicted octanol–water partition coefficient (Wildman–Crippen LogP) is 4.71. The second-order valence-corrected chi connectivity index (χ2v) is 8.21. The number of nitrogens with zero attached hydrogens (tertiary/aromatic N) is 3. The molecule has 1 amide bonds. The summed E-state index contributed by atoms with van der Waals surface area (Å²) in [4.78, 5) is 14.5. The predicted molar refractivity (Wildman–Crippen MR) is 122 cm³/mol. The molecule has 1 saturated heterocycles. The van der Waals surface area contributed by atoms with Crippen molar-refractivity contribution in [3.05, 3.63) is 72.0 Å². The van der Waals surface area contributed by atoms with Crippen LogP contribution in [0.1, 0.15) is 18.4 Å². The molecule has 2 heterocycles. The molecule has 10 heteroatoms. The number of amides is 1. The van der Waals surface area contributed by atoms with Crippen molar-refractivity contribution in [1.29, 1.82) is 0 Å². The van der Waals surface area contributed by atoms with E-state index in [1.54, 1.807) is 12.1 Å². The molecule has 1 aliphatic rings. The molecular weight excluding hydrogens is 464 g/mol. The molecular formula is C25H24F4N4O2. The lowest BCUT2D eigenvalue weighted by molar-refractivity contribution is -0.137. The van der Waals surface area contributed by atoms with E-state index in [-0.39, 0.29) is 36.5 Å². The maximum atomic E-state index is 13.1. The number of nitrogens with one attached hydrogen (secondary N) is 1. The Hall–Kier alpha value is -3.69. The van der Waals surface area contributed by atoms with Crippen LogP contribution in [0.3, 0.4) is 0 Å². The Kier molecular flexibility index (Phi) is 7.48. The van der Waals surface area contributed by atoms with E-state index < -0.39 is 11.7 Å². The zero-order valence-corrected chi connectivity index (χ0v) is 18.8. The summed E-state index contributed by atoms with van der Waals surface area (Å²) in [5, 5.41) is 11.3. The Morgan fingerprint density at radius 2 is 1.77 bits per heavy atom. The number of aromatic nitrogens is 2. The lowest BCUT2D eigenvalue weighted by Crippen LogP contribution is -2.41. The molecule has 35 heavy (non-hydrogen) atoms. The molecule has 2 aromatic carbocycles. The van der Waals surface area contributed by atoms with Crippen molar-refractivity contribution in [2.75, 3.05) is 31.1 Å². The van der Waals surface area contributed by atoms with E-state index >= 15 is 0 Å². The number of alkyl halides is 3. The standard InChI is InChI=1S/C25H24F4N4O2/c26-20-6-4-17(5-7-20)22-8-9-23(32-31-22)33-13-10-18(11-14-33)24(34)30-12-15-35-21-3-1-2-19(16-21)25(27,28)29/h1-9,16,18H,10-15H2,(H,30,34). The third-order valence-electron chi connectivity index (χ3n) is 5.81. The first-order valence-corrected chi connectivity index (χ1v) is 11.2. The molecule has 3 aromatic rings. The summed E-state index contributed by atoms with van der Waals surface area (Å²) in [6, 6.07) is 14.4. The minimum Gasteiger partial charge on any atom is -0.492 e. The number of rotatable bonds is 7. The molecule has 1 aliphatic heterocycles. The van der Waals surface area contributed by atoms with Gasteiger partial charge in [-0.3, -0.25) is 4.79 Å². The van der Waals surface area contributed by atoms with E-state index in [1.165, 1.54) is 24.3 Å². The first kappa shape index (κ1) is 24.4. The van der Waals surface area contributed by atoms with Crippen molar-refractivity contribution in [3.8, 4) is 17.0 Å². The van der Waals surface area contributed by atoms with Crippen LogP contribution in [0.5, 0.6) is 5.75 Å². The molecule has 184 valence electrons. The SMILES string of the molecule is O=C(NCCOc1cccc(C(F)(F)F)c1)C1CCN(c2ccc(-c3ccc(F)cc3)nn2)CC1. The highest BCUT2D eigenvalue weighted by molar-refractivity contribution is 5.79. The quantitative estimate of drug-likeness (QED) is 0.385. The molecule has 1 N–H and O–H groups in total. The zero-order valence-electron chi connectivity index (χ0n) is 18.8. The Labute approximate surface area is 199 Å². The molecule has 0 spiro atoms. The molecule has 0 atom stereocenters. The van der Waals surface area contributed by atoms with Gasteiger partial charge in [0, 0.05) is 24.6 Å². The minimum absolute atomic E-state index is 0.0713. The van der Waals surface area contributed by atoms with Gasteiger partial charge >= 0.3 is 6.18 Å². The van der Waals surface area contributed by atoms with Gasteiger partial charge < -0.3 is 15.0 Å². The monoisotopic (exact) mass is 488 g/mol. The fourth-order valence-corrected chi connectivity index (χ4v) is 3.89. The van der Waals surface area contributed by atoms with Crippen LogP contribution in [0.2, 0.25) is 0 Å². The Morgan fingerprint density at radius 3 is 2.43 bits per heavy atom. The Morgan fingerprint density at radius 1 is 1.03 bits per heavy atom. The van der Waals surface area contributed by atoms with Crippen LogP contribution < -0.4 is 15.0 Å². The summed E-state index contributed by atoms with van der Waals surface area (Å²) in [7, 11) is 0. The Balaban J connectivity index is 1.20. The summed E-state index contributed by atoms with van der Waals surface area (Å²) in [6.07, 6.45) is -3.15. The van der Waals surface area contributed by atoms with Crippen molar-refractivity contribution < 1.29 is 27.1 Å². The van der Waals surface area contributed by atoms with Crippen LogP contribution >= 0.6 is 0 Å². The van der Waals surface area contributed by atoms with Gasteiger partial charge in [-0.2, -0.15) is 13.2 Å². The van der Waals surface area contributed by atoms with Gasteiger partial charge in [-0.1, -0.05) is 6.07 Å². The van der Waals surface area contributed by atoms with E-state index in [9.17, 15) is 22.4 Å². The summed E-state index contributed by atoms with van der Waals surface area (Å²) in [6.45, 7) is 1.56.